The number of piperidine rings is 1. The second-order valence-corrected chi connectivity index (χ2v) is 8.36. The lowest BCUT2D eigenvalue weighted by Crippen LogP contribution is -2.48. The highest BCUT2D eigenvalue weighted by Crippen LogP contribution is 2.34. The number of aromatic nitrogens is 3. The summed E-state index contributed by atoms with van der Waals surface area (Å²) in [5, 5.41) is 0. The molecule has 3 aliphatic rings. The maximum Gasteiger partial charge on any atom is 0.410 e. The van der Waals surface area contributed by atoms with Gasteiger partial charge in [-0.3, -0.25) is 4.79 Å². The van der Waals surface area contributed by atoms with E-state index in [1.165, 1.54) is 25.7 Å². The summed E-state index contributed by atoms with van der Waals surface area (Å²) in [6, 6.07) is 2.33. The summed E-state index contributed by atoms with van der Waals surface area (Å²) < 4.78 is 7.73. The smallest absolute Gasteiger partial charge is 0.410 e. The number of rotatable bonds is 2. The molecule has 4 heterocycles. The van der Waals surface area contributed by atoms with Crippen LogP contribution in [0.25, 0.3) is 11.2 Å². The number of hydrogen-bond acceptors (Lipinski definition) is 5. The summed E-state index contributed by atoms with van der Waals surface area (Å²) in [5.74, 6) is -0.0302. The van der Waals surface area contributed by atoms with Crippen LogP contribution in [0.3, 0.4) is 0 Å². The highest BCUT2D eigenvalue weighted by atomic mass is 16.6. The Morgan fingerprint density at radius 2 is 1.96 bits per heavy atom. The summed E-state index contributed by atoms with van der Waals surface area (Å²) in [6.45, 7) is 1.75. The minimum atomic E-state index is -0.440. The van der Waals surface area contributed by atoms with Crippen LogP contribution in [0.1, 0.15) is 54.9 Å². The van der Waals surface area contributed by atoms with Gasteiger partial charge in [-0.25, -0.2) is 14.8 Å². The largest absolute Gasteiger partial charge is 0.441 e. The fourth-order valence-corrected chi connectivity index (χ4v) is 4.84. The van der Waals surface area contributed by atoms with E-state index in [1.807, 2.05) is 17.3 Å². The Morgan fingerprint density at radius 1 is 1.21 bits per heavy atom. The number of amides is 2. The van der Waals surface area contributed by atoms with Gasteiger partial charge >= 0.3 is 6.09 Å². The minimum Gasteiger partial charge on any atom is -0.441 e. The molecule has 0 atom stereocenters. The Morgan fingerprint density at radius 3 is 2.64 bits per heavy atom. The molecule has 0 bridgehead atoms. The van der Waals surface area contributed by atoms with Gasteiger partial charge < -0.3 is 19.1 Å². The summed E-state index contributed by atoms with van der Waals surface area (Å²) in [5.41, 5.74) is 1.77. The van der Waals surface area contributed by atoms with Crippen molar-refractivity contribution >= 4 is 23.2 Å². The third kappa shape index (κ3) is 2.82. The number of pyridine rings is 1. The zero-order valence-corrected chi connectivity index (χ0v) is 16.1. The van der Waals surface area contributed by atoms with Crippen LogP contribution in [0, 0.1) is 0 Å². The van der Waals surface area contributed by atoms with Crippen molar-refractivity contribution in [3.8, 4) is 0 Å². The molecule has 148 valence electrons. The molecule has 2 aromatic rings. The number of likely N-dealkylation sites (N-methyl/N-ethyl adjacent to an activating group) is 1. The normalized spacial score (nSPS) is 22.4. The van der Waals surface area contributed by atoms with Gasteiger partial charge in [-0.1, -0.05) is 12.8 Å². The Kier molecular flexibility index (Phi) is 4.03. The lowest BCUT2D eigenvalue weighted by Gasteiger charge is -2.37. The molecule has 1 saturated carbocycles. The van der Waals surface area contributed by atoms with Gasteiger partial charge in [0.05, 0.1) is 18.4 Å². The van der Waals surface area contributed by atoms with Gasteiger partial charge in [0, 0.05) is 45.2 Å². The first-order valence-corrected chi connectivity index (χ1v) is 10.1. The molecule has 0 radical (unpaired) electrons. The topological polar surface area (TPSA) is 80.6 Å². The van der Waals surface area contributed by atoms with Gasteiger partial charge in [0.1, 0.15) is 11.1 Å². The molecule has 8 nitrogen and oxygen atoms in total. The number of hydrogen-bond donors (Lipinski definition) is 0. The van der Waals surface area contributed by atoms with Crippen molar-refractivity contribution in [2.45, 2.75) is 50.2 Å². The van der Waals surface area contributed by atoms with E-state index < -0.39 is 5.60 Å². The van der Waals surface area contributed by atoms with Gasteiger partial charge in [0.25, 0.3) is 5.91 Å². The molecule has 2 aromatic heterocycles. The van der Waals surface area contributed by atoms with E-state index in [0.717, 1.165) is 11.2 Å². The molecular weight excluding hydrogens is 358 g/mol. The van der Waals surface area contributed by atoms with Crippen LogP contribution in [-0.4, -0.2) is 68.6 Å². The fourth-order valence-electron chi connectivity index (χ4n) is 4.84. The van der Waals surface area contributed by atoms with E-state index in [9.17, 15) is 9.59 Å². The second-order valence-electron chi connectivity index (χ2n) is 8.36. The SMILES string of the molecule is CN1CC2(CCN(C(=O)c3cnc4c(c3)ncn4C3CCCC3)CC2)OC1=O. The predicted octanol–water partition coefficient (Wildman–Crippen LogP) is 2.60. The lowest BCUT2D eigenvalue weighted by atomic mass is 9.91. The number of nitrogens with zero attached hydrogens (tertiary/aromatic N) is 5. The standard InChI is InChI=1S/C20H25N5O3/c1-23-12-20(28-19(23)27)6-8-24(9-7-20)18(26)14-10-16-17(21-11-14)25(13-22-16)15-4-2-3-5-15/h10-11,13,15H,2-9,12H2,1H3. The first-order valence-electron chi connectivity index (χ1n) is 10.1. The second kappa shape index (κ2) is 6.46. The van der Waals surface area contributed by atoms with Crippen molar-refractivity contribution in [1.29, 1.82) is 0 Å². The average molecular weight is 383 g/mol. The van der Waals surface area contributed by atoms with Crippen molar-refractivity contribution < 1.29 is 14.3 Å². The quantitative estimate of drug-likeness (QED) is 0.796. The Bertz CT molecular complexity index is 925. The van der Waals surface area contributed by atoms with E-state index in [1.54, 1.807) is 18.1 Å². The van der Waals surface area contributed by atoms with Crippen LogP contribution in [-0.2, 0) is 4.74 Å². The van der Waals surface area contributed by atoms with E-state index in [0.29, 0.717) is 44.1 Å². The van der Waals surface area contributed by atoms with Crippen molar-refractivity contribution in [1.82, 2.24) is 24.3 Å². The molecule has 1 spiro atoms. The molecule has 2 amide bonds. The van der Waals surface area contributed by atoms with Crippen LogP contribution >= 0.6 is 0 Å². The first-order chi connectivity index (χ1) is 13.5. The molecule has 0 N–H and O–H groups in total. The zero-order chi connectivity index (χ0) is 19.3. The molecule has 0 aromatic carbocycles. The zero-order valence-electron chi connectivity index (χ0n) is 16.1. The number of carbonyl (C=O) groups is 2. The van der Waals surface area contributed by atoms with E-state index in [2.05, 4.69) is 14.5 Å². The fraction of sp³-hybridized carbons (Fsp3) is 0.600. The summed E-state index contributed by atoms with van der Waals surface area (Å²) in [6.07, 6.45) is 9.44. The lowest BCUT2D eigenvalue weighted by molar-refractivity contribution is 0.00317. The average Bonchev–Trinajstić information content (AvgIpc) is 3.41. The van der Waals surface area contributed by atoms with Crippen molar-refractivity contribution in [3.05, 3.63) is 24.2 Å². The first kappa shape index (κ1) is 17.5. The molecule has 3 fully saturated rings. The van der Waals surface area contributed by atoms with Crippen LogP contribution in [0.5, 0.6) is 0 Å². The van der Waals surface area contributed by atoms with Gasteiger partial charge in [-0.15, -0.1) is 0 Å². The Labute approximate surface area is 163 Å². The van der Waals surface area contributed by atoms with Crippen LogP contribution in [0.2, 0.25) is 0 Å². The Hall–Kier alpha value is -2.64. The monoisotopic (exact) mass is 383 g/mol. The van der Waals surface area contributed by atoms with Crippen LogP contribution < -0.4 is 0 Å². The van der Waals surface area contributed by atoms with E-state index in [-0.39, 0.29) is 12.0 Å². The number of ether oxygens (including phenoxy) is 1. The minimum absolute atomic E-state index is 0.0302. The van der Waals surface area contributed by atoms with E-state index in [4.69, 9.17) is 4.74 Å². The highest BCUT2D eigenvalue weighted by Gasteiger charge is 2.46. The summed E-state index contributed by atoms with van der Waals surface area (Å²) in [7, 11) is 1.75. The molecule has 2 aliphatic heterocycles. The Balaban J connectivity index is 1.30. The van der Waals surface area contributed by atoms with Crippen molar-refractivity contribution in [2.24, 2.45) is 0 Å². The van der Waals surface area contributed by atoms with Crippen LogP contribution in [0.15, 0.2) is 18.6 Å². The van der Waals surface area contributed by atoms with Crippen molar-refractivity contribution in [2.75, 3.05) is 26.7 Å². The summed E-state index contributed by atoms with van der Waals surface area (Å²) in [4.78, 5) is 37.2. The predicted molar refractivity (Wildman–Crippen MR) is 102 cm³/mol. The third-order valence-electron chi connectivity index (χ3n) is 6.48. The molecule has 2 saturated heterocycles. The van der Waals surface area contributed by atoms with Crippen LogP contribution in [0.4, 0.5) is 4.79 Å². The number of carbonyl (C=O) groups excluding carboxylic acids is 2. The van der Waals surface area contributed by atoms with Gasteiger partial charge in [0.15, 0.2) is 5.65 Å². The highest BCUT2D eigenvalue weighted by molar-refractivity contribution is 5.96. The maximum atomic E-state index is 13.0. The molecule has 5 rings (SSSR count). The van der Waals surface area contributed by atoms with Gasteiger partial charge in [0.2, 0.25) is 0 Å². The molecule has 28 heavy (non-hydrogen) atoms. The maximum absolute atomic E-state index is 13.0. The molecular formula is C20H25N5O3. The molecule has 8 heteroatoms. The number of imidazole rings is 1. The molecule has 0 unspecified atom stereocenters. The van der Waals surface area contributed by atoms with Gasteiger partial charge in [-0.2, -0.15) is 0 Å². The molecule has 1 aliphatic carbocycles. The third-order valence-corrected chi connectivity index (χ3v) is 6.48. The number of fused-ring (bicyclic) bond motifs is 1. The van der Waals surface area contributed by atoms with Gasteiger partial charge in [-0.05, 0) is 18.9 Å². The van der Waals surface area contributed by atoms with Crippen molar-refractivity contribution in [3.63, 3.8) is 0 Å². The number of likely N-dealkylation sites (tertiary alicyclic amines) is 1. The van der Waals surface area contributed by atoms with E-state index >= 15 is 0 Å². The summed E-state index contributed by atoms with van der Waals surface area (Å²) >= 11 is 0.